The lowest BCUT2D eigenvalue weighted by Gasteiger charge is -2.14. The van der Waals surface area contributed by atoms with Gasteiger partial charge in [-0.15, -0.1) is 5.10 Å². The number of carbonyl (C=O) groups is 2. The van der Waals surface area contributed by atoms with Crippen molar-refractivity contribution in [1.29, 1.82) is 0 Å². The molecule has 0 unspecified atom stereocenters. The number of halogens is 1. The summed E-state index contributed by atoms with van der Waals surface area (Å²) in [5.74, 6) is 0.319. The Morgan fingerprint density at radius 2 is 2.10 bits per heavy atom. The van der Waals surface area contributed by atoms with Gasteiger partial charge in [0.1, 0.15) is 12.2 Å². The SMILES string of the molecule is COC(=O)Nc1ccc2c(c1)NCCC/C=C\C[C@H](NC(=O)/C=C/c1cc(Cl)ccc1-n1cnnn1)c1ncc-2[nH]1. The van der Waals surface area contributed by atoms with E-state index in [0.29, 0.717) is 34.2 Å². The molecule has 210 valence electrons. The van der Waals surface area contributed by atoms with Crippen molar-refractivity contribution in [3.8, 4) is 16.9 Å². The number of nitrogens with one attached hydrogen (secondary N) is 4. The molecule has 1 aliphatic heterocycles. The van der Waals surface area contributed by atoms with Crippen LogP contribution in [-0.4, -0.2) is 55.8 Å². The minimum Gasteiger partial charge on any atom is -0.453 e. The van der Waals surface area contributed by atoms with Crippen LogP contribution in [0, 0.1) is 0 Å². The number of rotatable bonds is 5. The van der Waals surface area contributed by atoms with Crippen LogP contribution in [-0.2, 0) is 9.53 Å². The van der Waals surface area contributed by atoms with Crippen molar-refractivity contribution in [2.24, 2.45) is 0 Å². The molecule has 0 fully saturated rings. The van der Waals surface area contributed by atoms with Crippen molar-refractivity contribution in [3.05, 3.63) is 83.6 Å². The summed E-state index contributed by atoms with van der Waals surface area (Å²) in [6.07, 6.45) is 12.2. The largest absolute Gasteiger partial charge is 0.453 e. The molecule has 1 atom stereocenters. The maximum atomic E-state index is 13.1. The van der Waals surface area contributed by atoms with Gasteiger partial charge in [-0.05, 0) is 72.2 Å². The molecule has 2 aromatic carbocycles. The summed E-state index contributed by atoms with van der Waals surface area (Å²) in [6.45, 7) is 0.737. The molecule has 0 spiro atoms. The van der Waals surface area contributed by atoms with Crippen LogP contribution < -0.4 is 16.0 Å². The van der Waals surface area contributed by atoms with E-state index in [9.17, 15) is 9.59 Å². The van der Waals surface area contributed by atoms with Gasteiger partial charge in [-0.25, -0.2) is 9.78 Å². The highest BCUT2D eigenvalue weighted by atomic mass is 35.5. The van der Waals surface area contributed by atoms with E-state index in [1.54, 1.807) is 36.5 Å². The molecule has 2 bridgehead atoms. The van der Waals surface area contributed by atoms with Crippen molar-refractivity contribution in [3.63, 3.8) is 0 Å². The van der Waals surface area contributed by atoms with Gasteiger partial charge >= 0.3 is 6.09 Å². The molecule has 0 saturated carbocycles. The van der Waals surface area contributed by atoms with Crippen LogP contribution in [0.5, 0.6) is 0 Å². The zero-order valence-corrected chi connectivity index (χ0v) is 22.9. The van der Waals surface area contributed by atoms with Gasteiger partial charge in [0.25, 0.3) is 0 Å². The molecule has 1 aliphatic rings. The maximum Gasteiger partial charge on any atom is 0.411 e. The van der Waals surface area contributed by atoms with E-state index in [1.807, 2.05) is 18.2 Å². The first-order valence-electron chi connectivity index (χ1n) is 12.9. The number of aromatic nitrogens is 6. The third-order valence-electron chi connectivity index (χ3n) is 6.38. The molecule has 41 heavy (non-hydrogen) atoms. The summed E-state index contributed by atoms with van der Waals surface area (Å²) < 4.78 is 6.21. The van der Waals surface area contributed by atoms with Crippen molar-refractivity contribution in [2.45, 2.75) is 25.3 Å². The number of nitrogens with zero attached hydrogens (tertiary/aromatic N) is 5. The van der Waals surface area contributed by atoms with Gasteiger partial charge in [0.15, 0.2) is 0 Å². The van der Waals surface area contributed by atoms with Gasteiger partial charge in [-0.2, -0.15) is 4.68 Å². The molecule has 0 aliphatic carbocycles. The molecular weight excluding hydrogens is 546 g/mol. The summed E-state index contributed by atoms with van der Waals surface area (Å²) >= 11 is 6.20. The summed E-state index contributed by atoms with van der Waals surface area (Å²) in [5.41, 5.74) is 4.46. The van der Waals surface area contributed by atoms with E-state index in [0.717, 1.165) is 36.3 Å². The Balaban J connectivity index is 1.38. The van der Waals surface area contributed by atoms with Gasteiger partial charge in [0.05, 0.1) is 30.7 Å². The van der Waals surface area contributed by atoms with Crippen LogP contribution in [0.25, 0.3) is 23.0 Å². The highest BCUT2D eigenvalue weighted by Gasteiger charge is 2.18. The smallest absolute Gasteiger partial charge is 0.411 e. The van der Waals surface area contributed by atoms with E-state index in [2.05, 4.69) is 47.5 Å². The molecule has 2 aromatic heterocycles. The normalized spacial score (nSPS) is 15.9. The fourth-order valence-electron chi connectivity index (χ4n) is 4.38. The predicted molar refractivity (Wildman–Crippen MR) is 156 cm³/mol. The Morgan fingerprint density at radius 3 is 2.93 bits per heavy atom. The molecular formula is C28H28ClN9O3. The van der Waals surface area contributed by atoms with Gasteiger partial charge in [0, 0.05) is 40.1 Å². The van der Waals surface area contributed by atoms with Gasteiger partial charge in [0.2, 0.25) is 5.91 Å². The minimum absolute atomic E-state index is 0.297. The van der Waals surface area contributed by atoms with E-state index in [1.165, 1.54) is 24.2 Å². The lowest BCUT2D eigenvalue weighted by Crippen LogP contribution is -2.27. The Bertz CT molecular complexity index is 1580. The Morgan fingerprint density at radius 1 is 1.20 bits per heavy atom. The van der Waals surface area contributed by atoms with Crippen LogP contribution in [0.3, 0.4) is 0 Å². The second-order valence-corrected chi connectivity index (χ2v) is 9.62. The van der Waals surface area contributed by atoms with E-state index in [-0.39, 0.29) is 5.91 Å². The molecule has 0 radical (unpaired) electrons. The molecule has 2 amide bonds. The monoisotopic (exact) mass is 573 g/mol. The van der Waals surface area contributed by atoms with Gasteiger partial charge in [-0.3, -0.25) is 10.1 Å². The molecule has 5 rings (SSSR count). The number of hydrogen-bond acceptors (Lipinski definition) is 8. The summed E-state index contributed by atoms with van der Waals surface area (Å²) in [4.78, 5) is 32.7. The molecule has 4 aromatic rings. The Labute approximate surface area is 240 Å². The first-order valence-corrected chi connectivity index (χ1v) is 13.3. The fraction of sp³-hybridized carbons (Fsp3) is 0.214. The lowest BCUT2D eigenvalue weighted by atomic mass is 10.1. The number of H-pyrrole nitrogens is 1. The standard InChI is InChI=1S/C28H28ClN9O3/c1-41-28(40)33-20-9-10-21-23(15-20)30-13-5-3-2-4-6-22(27-31-16-24(21)35-27)34-26(39)12-7-18-14-19(29)8-11-25(18)38-17-32-36-37-38/h2,4,7-12,14-17,22,30H,3,5-6,13H2,1H3,(H,31,35)(H,33,40)(H,34,39)/b4-2-,12-7+/t22-/m0/s1. The highest BCUT2D eigenvalue weighted by Crippen LogP contribution is 2.31. The van der Waals surface area contributed by atoms with E-state index < -0.39 is 12.1 Å². The van der Waals surface area contributed by atoms with Crippen LogP contribution >= 0.6 is 11.6 Å². The number of amides is 2. The van der Waals surface area contributed by atoms with Crippen molar-refractivity contribution in [1.82, 2.24) is 35.5 Å². The second kappa shape index (κ2) is 12.9. The average Bonchev–Trinajstić information content (AvgIpc) is 3.68. The number of aromatic amines is 1. The first-order chi connectivity index (χ1) is 20.0. The fourth-order valence-corrected chi connectivity index (χ4v) is 4.56. The lowest BCUT2D eigenvalue weighted by molar-refractivity contribution is -0.117. The number of allylic oxidation sites excluding steroid dienone is 1. The van der Waals surface area contributed by atoms with E-state index >= 15 is 0 Å². The maximum absolute atomic E-state index is 13.1. The van der Waals surface area contributed by atoms with Crippen LogP contribution in [0.4, 0.5) is 16.2 Å². The Kier molecular flexibility index (Phi) is 8.70. The topological polar surface area (TPSA) is 152 Å². The van der Waals surface area contributed by atoms with Crippen LogP contribution in [0.1, 0.15) is 36.7 Å². The number of benzene rings is 2. The number of methoxy groups -OCH3 is 1. The van der Waals surface area contributed by atoms with Crippen molar-refractivity contribution >= 4 is 41.1 Å². The number of carbonyl (C=O) groups excluding carboxylic acids is 2. The molecule has 4 N–H and O–H groups in total. The summed E-state index contributed by atoms with van der Waals surface area (Å²) in [7, 11) is 1.32. The molecule has 13 heteroatoms. The second-order valence-electron chi connectivity index (χ2n) is 9.19. The number of fused-ring (bicyclic) bond motifs is 4. The number of tetrazole rings is 1. The predicted octanol–water partition coefficient (Wildman–Crippen LogP) is 4.91. The molecule has 0 saturated heterocycles. The molecule has 12 nitrogen and oxygen atoms in total. The van der Waals surface area contributed by atoms with Crippen LogP contribution in [0.15, 0.2) is 67.2 Å². The summed E-state index contributed by atoms with van der Waals surface area (Å²) in [6, 6.07) is 10.4. The number of anilines is 2. The quantitative estimate of drug-likeness (QED) is 0.194. The zero-order valence-electron chi connectivity index (χ0n) is 22.2. The number of imidazole rings is 1. The van der Waals surface area contributed by atoms with Crippen molar-refractivity contribution in [2.75, 3.05) is 24.3 Å². The zero-order chi connectivity index (χ0) is 28.6. The Hall–Kier alpha value is -4.97. The highest BCUT2D eigenvalue weighted by molar-refractivity contribution is 6.30. The van der Waals surface area contributed by atoms with Gasteiger partial charge in [-0.1, -0.05) is 23.8 Å². The minimum atomic E-state index is -0.543. The first kappa shape index (κ1) is 27.6. The molecule has 3 heterocycles. The average molecular weight is 574 g/mol. The number of hydrogen-bond donors (Lipinski definition) is 4. The van der Waals surface area contributed by atoms with Gasteiger partial charge < -0.3 is 20.4 Å². The van der Waals surface area contributed by atoms with Crippen molar-refractivity contribution < 1.29 is 14.3 Å². The summed E-state index contributed by atoms with van der Waals surface area (Å²) in [5, 5.41) is 21.0. The third-order valence-corrected chi connectivity index (χ3v) is 6.62. The van der Waals surface area contributed by atoms with Crippen LogP contribution in [0.2, 0.25) is 5.02 Å². The number of ether oxygens (including phenoxy) is 1. The third kappa shape index (κ3) is 6.97. The van der Waals surface area contributed by atoms with E-state index in [4.69, 9.17) is 16.3 Å².